The molecule has 0 aromatic heterocycles. The molecule has 3 atom stereocenters. The summed E-state index contributed by atoms with van der Waals surface area (Å²) in [6, 6.07) is 0.467. The van der Waals surface area contributed by atoms with E-state index in [1.54, 1.807) is 0 Å². The first kappa shape index (κ1) is 13.4. The van der Waals surface area contributed by atoms with Crippen molar-refractivity contribution in [3.8, 4) is 0 Å². The van der Waals surface area contributed by atoms with Crippen molar-refractivity contribution in [3.63, 3.8) is 0 Å². The molecule has 2 fully saturated rings. The molecule has 2 nitrogen and oxygen atoms in total. The Bertz CT molecular complexity index is 229. The molecule has 1 N–H and O–H groups in total. The van der Waals surface area contributed by atoms with Gasteiger partial charge < -0.3 is 5.11 Å². The molecule has 17 heavy (non-hydrogen) atoms. The van der Waals surface area contributed by atoms with E-state index in [4.69, 9.17) is 0 Å². The van der Waals surface area contributed by atoms with Gasteiger partial charge in [0.1, 0.15) is 0 Å². The molecule has 0 radical (unpaired) electrons. The highest BCUT2D eigenvalue weighted by atomic mass is 16.3. The van der Waals surface area contributed by atoms with Crippen LogP contribution in [-0.4, -0.2) is 35.2 Å². The maximum Gasteiger partial charge on any atom is 0.0695 e. The summed E-state index contributed by atoms with van der Waals surface area (Å²) in [6.07, 6.45) is 8.76. The van der Waals surface area contributed by atoms with Gasteiger partial charge in [-0.1, -0.05) is 26.7 Å². The molecule has 0 amide bonds. The Morgan fingerprint density at radius 1 is 0.941 bits per heavy atom. The highest BCUT2D eigenvalue weighted by Crippen LogP contribution is 2.29. The minimum Gasteiger partial charge on any atom is -0.391 e. The summed E-state index contributed by atoms with van der Waals surface area (Å²) in [5.74, 6) is 1.73. The lowest BCUT2D eigenvalue weighted by atomic mass is 9.89. The summed E-state index contributed by atoms with van der Waals surface area (Å²) >= 11 is 0. The molecule has 0 spiro atoms. The number of aliphatic hydroxyl groups excluding tert-OH is 1. The number of hydrogen-bond acceptors (Lipinski definition) is 2. The van der Waals surface area contributed by atoms with Crippen molar-refractivity contribution in [2.75, 3.05) is 13.1 Å². The van der Waals surface area contributed by atoms with Gasteiger partial charge in [-0.3, -0.25) is 4.90 Å². The molecule has 0 aromatic rings. The Morgan fingerprint density at radius 3 is 2.41 bits per heavy atom. The lowest BCUT2D eigenvalue weighted by Gasteiger charge is -2.37. The van der Waals surface area contributed by atoms with Crippen LogP contribution in [0.2, 0.25) is 0 Å². The Balaban J connectivity index is 1.89. The van der Waals surface area contributed by atoms with Gasteiger partial charge >= 0.3 is 0 Å². The van der Waals surface area contributed by atoms with Crippen LogP contribution in [0.5, 0.6) is 0 Å². The molecular weight excluding hydrogens is 210 g/mol. The van der Waals surface area contributed by atoms with Gasteiger partial charge in [0.25, 0.3) is 0 Å². The molecule has 0 bridgehead atoms. The predicted molar refractivity (Wildman–Crippen MR) is 72.0 cm³/mol. The zero-order valence-corrected chi connectivity index (χ0v) is 11.6. The Morgan fingerprint density at radius 2 is 1.71 bits per heavy atom. The zero-order valence-electron chi connectivity index (χ0n) is 11.6. The molecule has 1 aliphatic heterocycles. The van der Waals surface area contributed by atoms with Gasteiger partial charge in [-0.15, -0.1) is 0 Å². The van der Waals surface area contributed by atoms with Crippen molar-refractivity contribution in [1.29, 1.82) is 0 Å². The zero-order chi connectivity index (χ0) is 12.3. The highest BCUT2D eigenvalue weighted by molar-refractivity contribution is 4.85. The molecule has 100 valence electrons. The van der Waals surface area contributed by atoms with E-state index in [0.717, 1.165) is 18.3 Å². The van der Waals surface area contributed by atoms with Gasteiger partial charge in [0.15, 0.2) is 0 Å². The number of hydrogen-bond donors (Lipinski definition) is 1. The minimum absolute atomic E-state index is 0.0562. The van der Waals surface area contributed by atoms with Crippen molar-refractivity contribution in [2.45, 2.75) is 70.9 Å². The lowest BCUT2D eigenvalue weighted by molar-refractivity contribution is 0.0206. The average Bonchev–Trinajstić information content (AvgIpc) is 2.55. The molecule has 2 aliphatic rings. The standard InChI is InChI=1S/C15H29NO/c1-12(2)13-6-5-10-16(11-9-13)14-7-3-4-8-15(14)17/h12-15,17H,3-11H2,1-2H3/t13?,14-,15-/m1/s1. The topological polar surface area (TPSA) is 23.5 Å². The molecule has 1 unspecified atom stereocenters. The third-order valence-electron chi connectivity index (χ3n) is 4.91. The summed E-state index contributed by atoms with van der Waals surface area (Å²) in [5.41, 5.74) is 0. The fraction of sp³-hybridized carbons (Fsp3) is 1.00. The second-order valence-electron chi connectivity index (χ2n) is 6.39. The highest BCUT2D eigenvalue weighted by Gasteiger charge is 2.30. The molecule has 1 saturated heterocycles. The SMILES string of the molecule is CC(C)C1CCCN([C@@H]2CCCC[C@H]2O)CC1. The molecule has 1 heterocycles. The summed E-state index contributed by atoms with van der Waals surface area (Å²) in [7, 11) is 0. The van der Waals surface area contributed by atoms with Crippen LogP contribution in [-0.2, 0) is 0 Å². The predicted octanol–water partition coefficient (Wildman–Crippen LogP) is 3.05. The molecule has 1 aliphatic carbocycles. The van der Waals surface area contributed by atoms with E-state index in [0.29, 0.717) is 6.04 Å². The van der Waals surface area contributed by atoms with E-state index < -0.39 is 0 Å². The maximum atomic E-state index is 10.1. The van der Waals surface area contributed by atoms with Gasteiger partial charge in [-0.25, -0.2) is 0 Å². The number of nitrogens with zero attached hydrogens (tertiary/aromatic N) is 1. The van der Waals surface area contributed by atoms with Crippen LogP contribution in [0.15, 0.2) is 0 Å². The van der Waals surface area contributed by atoms with Crippen molar-refractivity contribution in [2.24, 2.45) is 11.8 Å². The van der Waals surface area contributed by atoms with E-state index in [1.165, 1.54) is 51.6 Å². The van der Waals surface area contributed by atoms with E-state index in [-0.39, 0.29) is 6.10 Å². The molecular formula is C15H29NO. The first-order valence-corrected chi connectivity index (χ1v) is 7.60. The van der Waals surface area contributed by atoms with Crippen molar-refractivity contribution in [1.82, 2.24) is 4.90 Å². The first-order valence-electron chi connectivity index (χ1n) is 7.60. The fourth-order valence-corrected chi connectivity index (χ4v) is 3.66. The summed E-state index contributed by atoms with van der Waals surface area (Å²) < 4.78 is 0. The molecule has 2 heteroatoms. The fourth-order valence-electron chi connectivity index (χ4n) is 3.66. The number of rotatable bonds is 2. The third-order valence-corrected chi connectivity index (χ3v) is 4.91. The molecule has 0 aromatic carbocycles. The van der Waals surface area contributed by atoms with Crippen molar-refractivity contribution >= 4 is 0 Å². The number of likely N-dealkylation sites (tertiary alicyclic amines) is 1. The Hall–Kier alpha value is -0.0800. The van der Waals surface area contributed by atoms with Crippen LogP contribution in [0.3, 0.4) is 0 Å². The number of aliphatic hydroxyl groups is 1. The Kier molecular flexibility index (Phi) is 4.87. The van der Waals surface area contributed by atoms with Gasteiger partial charge in [0.05, 0.1) is 6.10 Å². The van der Waals surface area contributed by atoms with Gasteiger partial charge in [-0.05, 0) is 57.0 Å². The quantitative estimate of drug-likeness (QED) is 0.800. The Labute approximate surface area is 106 Å². The first-order chi connectivity index (χ1) is 8.18. The van der Waals surface area contributed by atoms with Crippen LogP contribution in [0.25, 0.3) is 0 Å². The third kappa shape index (κ3) is 3.45. The van der Waals surface area contributed by atoms with E-state index in [2.05, 4.69) is 18.7 Å². The van der Waals surface area contributed by atoms with Gasteiger partial charge in [0.2, 0.25) is 0 Å². The summed E-state index contributed by atoms with van der Waals surface area (Å²) in [4.78, 5) is 2.59. The van der Waals surface area contributed by atoms with Crippen LogP contribution in [0.4, 0.5) is 0 Å². The minimum atomic E-state index is -0.0562. The van der Waals surface area contributed by atoms with Crippen LogP contribution < -0.4 is 0 Å². The second-order valence-corrected chi connectivity index (χ2v) is 6.39. The maximum absolute atomic E-state index is 10.1. The van der Waals surface area contributed by atoms with Gasteiger partial charge in [-0.2, -0.15) is 0 Å². The lowest BCUT2D eigenvalue weighted by Crippen LogP contribution is -2.45. The van der Waals surface area contributed by atoms with E-state index >= 15 is 0 Å². The summed E-state index contributed by atoms with van der Waals surface area (Å²) in [6.45, 7) is 7.14. The second kappa shape index (κ2) is 6.19. The van der Waals surface area contributed by atoms with Crippen LogP contribution >= 0.6 is 0 Å². The van der Waals surface area contributed by atoms with Crippen molar-refractivity contribution < 1.29 is 5.11 Å². The average molecular weight is 239 g/mol. The van der Waals surface area contributed by atoms with Crippen LogP contribution in [0, 0.1) is 11.8 Å². The monoisotopic (exact) mass is 239 g/mol. The smallest absolute Gasteiger partial charge is 0.0695 e. The van der Waals surface area contributed by atoms with Crippen molar-refractivity contribution in [3.05, 3.63) is 0 Å². The normalized spacial score (nSPS) is 37.1. The molecule has 2 rings (SSSR count). The largest absolute Gasteiger partial charge is 0.391 e. The molecule has 1 saturated carbocycles. The van der Waals surface area contributed by atoms with E-state index in [9.17, 15) is 5.11 Å². The van der Waals surface area contributed by atoms with Crippen LogP contribution in [0.1, 0.15) is 58.8 Å². The van der Waals surface area contributed by atoms with E-state index in [1.807, 2.05) is 0 Å². The van der Waals surface area contributed by atoms with Gasteiger partial charge in [0, 0.05) is 6.04 Å². The summed E-state index contributed by atoms with van der Waals surface area (Å²) in [5, 5.41) is 10.1.